The van der Waals surface area contributed by atoms with Gasteiger partial charge in [-0.25, -0.2) is 8.78 Å². The van der Waals surface area contributed by atoms with E-state index in [9.17, 15) is 32.8 Å². The van der Waals surface area contributed by atoms with Crippen LogP contribution in [0.2, 0.25) is 0 Å². The summed E-state index contributed by atoms with van der Waals surface area (Å²) in [4.78, 5) is 72.1. The van der Waals surface area contributed by atoms with Gasteiger partial charge in [-0.3, -0.25) is 24.0 Å². The lowest BCUT2D eigenvalue weighted by atomic mass is 9.84. The van der Waals surface area contributed by atoms with Crippen LogP contribution in [-0.2, 0) is 21.0 Å². The number of carboxylic acids is 1. The van der Waals surface area contributed by atoms with Crippen LogP contribution in [-0.4, -0.2) is 62.2 Å². The van der Waals surface area contributed by atoms with Gasteiger partial charge in [0.1, 0.15) is 17.2 Å². The van der Waals surface area contributed by atoms with E-state index in [0.29, 0.717) is 25.3 Å². The monoisotopic (exact) mass is 600 g/mol. The van der Waals surface area contributed by atoms with E-state index in [4.69, 9.17) is 14.7 Å². The Bertz CT molecular complexity index is 1610. The zero-order valence-corrected chi connectivity index (χ0v) is 23.5. The molecular weight excluding hydrogens is 570 g/mol. The molecule has 43 heavy (non-hydrogen) atoms. The van der Waals surface area contributed by atoms with Crippen LogP contribution in [0.25, 0.3) is 0 Å². The molecule has 228 valence electrons. The standard InChI is InChI=1S/C29H30F2N4O8/c1-15-11-29(43-33-15)9-8-16(2)34-14-21(29)35-13-19(27(40)32-12-17-6-7-18(30)10-20(17)31)25(39)26(24(35)28(34)41)42-23(38)5-3-4-22(36)37/h6-7,10,13,16,21H,3-5,8-9,11-12,14H2,1-2H3,(H,32,40)(H,36,37)/t16-,21+,29-/m0/s1. The number of pyridine rings is 1. The average Bonchev–Trinajstić information content (AvgIpc) is 3.27. The number of hydrogen-bond donors (Lipinski definition) is 2. The van der Waals surface area contributed by atoms with Crippen LogP contribution in [0, 0.1) is 11.6 Å². The molecule has 0 aliphatic carbocycles. The Labute approximate surface area is 244 Å². The Kier molecular flexibility index (Phi) is 8.04. The maximum atomic E-state index is 14.2. The summed E-state index contributed by atoms with van der Waals surface area (Å²) >= 11 is 0. The Morgan fingerprint density at radius 2 is 2.00 bits per heavy atom. The molecular formula is C29H30F2N4O8. The van der Waals surface area contributed by atoms with Crippen LogP contribution in [0.1, 0.15) is 84.8 Å². The first-order valence-corrected chi connectivity index (χ1v) is 13.9. The van der Waals surface area contributed by atoms with Crippen molar-refractivity contribution in [3.05, 3.63) is 63.1 Å². The first-order chi connectivity index (χ1) is 20.4. The van der Waals surface area contributed by atoms with E-state index in [-0.39, 0.29) is 49.7 Å². The third kappa shape index (κ3) is 5.73. The van der Waals surface area contributed by atoms with Crippen molar-refractivity contribution >= 4 is 29.5 Å². The number of benzene rings is 1. The minimum Gasteiger partial charge on any atom is -0.481 e. The molecule has 1 aromatic heterocycles. The van der Waals surface area contributed by atoms with Crippen molar-refractivity contribution < 1.29 is 42.6 Å². The van der Waals surface area contributed by atoms with Crippen molar-refractivity contribution in [1.82, 2.24) is 14.8 Å². The normalized spacial score (nSPS) is 22.4. The molecule has 4 heterocycles. The molecule has 1 aromatic carbocycles. The third-order valence-corrected chi connectivity index (χ3v) is 8.11. The number of halogens is 2. The first-order valence-electron chi connectivity index (χ1n) is 13.9. The molecule has 0 unspecified atom stereocenters. The number of rotatable bonds is 8. The Morgan fingerprint density at radius 3 is 2.67 bits per heavy atom. The number of esters is 1. The van der Waals surface area contributed by atoms with Gasteiger partial charge in [-0.1, -0.05) is 11.2 Å². The fraction of sp³-hybridized carbons (Fsp3) is 0.448. The number of carbonyl (C=O) groups excluding carboxylic acids is 3. The summed E-state index contributed by atoms with van der Waals surface area (Å²) in [7, 11) is 0. The average molecular weight is 601 g/mol. The van der Waals surface area contributed by atoms with Gasteiger partial charge < -0.3 is 29.5 Å². The number of hydrogen-bond acceptors (Lipinski definition) is 8. The van der Waals surface area contributed by atoms with E-state index in [1.54, 1.807) is 11.8 Å². The Balaban J connectivity index is 1.59. The van der Waals surface area contributed by atoms with Gasteiger partial charge in [0.25, 0.3) is 11.8 Å². The van der Waals surface area contributed by atoms with Gasteiger partial charge in [-0.15, -0.1) is 0 Å². The molecule has 2 N–H and O–H groups in total. The second kappa shape index (κ2) is 11.6. The van der Waals surface area contributed by atoms with Crippen molar-refractivity contribution in [2.24, 2.45) is 5.16 Å². The molecule has 3 aliphatic rings. The predicted molar refractivity (Wildman–Crippen MR) is 146 cm³/mol. The largest absolute Gasteiger partial charge is 0.481 e. The minimum atomic E-state index is -1.12. The van der Waals surface area contributed by atoms with Crippen LogP contribution in [0.5, 0.6) is 5.75 Å². The van der Waals surface area contributed by atoms with Crippen molar-refractivity contribution in [2.45, 2.75) is 76.6 Å². The summed E-state index contributed by atoms with van der Waals surface area (Å²) in [6.45, 7) is 3.45. The molecule has 1 spiro atoms. The van der Waals surface area contributed by atoms with Crippen molar-refractivity contribution in [3.8, 4) is 5.75 Å². The van der Waals surface area contributed by atoms with Crippen molar-refractivity contribution in [2.75, 3.05) is 6.54 Å². The number of aliphatic carboxylic acids is 1. The second-order valence-corrected chi connectivity index (χ2v) is 11.1. The minimum absolute atomic E-state index is 0.0348. The summed E-state index contributed by atoms with van der Waals surface area (Å²) in [5.74, 6) is -5.97. The Morgan fingerprint density at radius 1 is 1.23 bits per heavy atom. The lowest BCUT2D eigenvalue weighted by Crippen LogP contribution is -2.52. The van der Waals surface area contributed by atoms with E-state index >= 15 is 0 Å². The van der Waals surface area contributed by atoms with Crippen LogP contribution in [0.15, 0.2) is 34.3 Å². The van der Waals surface area contributed by atoms with E-state index in [0.717, 1.165) is 17.8 Å². The summed E-state index contributed by atoms with van der Waals surface area (Å²) in [5, 5.41) is 15.5. The Hall–Kier alpha value is -4.62. The van der Waals surface area contributed by atoms with E-state index in [1.807, 2.05) is 6.92 Å². The maximum Gasteiger partial charge on any atom is 0.311 e. The number of nitrogens with zero attached hydrogens (tertiary/aromatic N) is 3. The molecule has 2 bridgehead atoms. The van der Waals surface area contributed by atoms with Crippen molar-refractivity contribution in [3.63, 3.8) is 0 Å². The van der Waals surface area contributed by atoms with Gasteiger partial charge in [0.05, 0.1) is 11.8 Å². The smallest absolute Gasteiger partial charge is 0.311 e. The molecule has 1 saturated heterocycles. The van der Waals surface area contributed by atoms with Crippen LogP contribution in [0.4, 0.5) is 8.78 Å². The van der Waals surface area contributed by atoms with Crippen molar-refractivity contribution in [1.29, 1.82) is 0 Å². The molecule has 2 amide bonds. The van der Waals surface area contributed by atoms with Gasteiger partial charge in [0.15, 0.2) is 11.3 Å². The topological polar surface area (TPSA) is 157 Å². The number of nitrogens with one attached hydrogen (secondary N) is 1. The maximum absolute atomic E-state index is 14.2. The molecule has 12 nitrogen and oxygen atoms in total. The molecule has 14 heteroatoms. The van der Waals surface area contributed by atoms with Crippen LogP contribution >= 0.6 is 0 Å². The van der Waals surface area contributed by atoms with Gasteiger partial charge >= 0.3 is 11.9 Å². The number of carboxylic acid groups (broad SMARTS) is 1. The highest BCUT2D eigenvalue weighted by molar-refractivity contribution is 6.00. The number of fused-ring (bicyclic) bond motifs is 5. The number of carbonyl (C=O) groups is 4. The quantitative estimate of drug-likeness (QED) is 0.438. The second-order valence-electron chi connectivity index (χ2n) is 11.1. The number of ether oxygens (including phenoxy) is 1. The van der Waals surface area contributed by atoms with E-state index in [1.165, 1.54) is 10.8 Å². The van der Waals surface area contributed by atoms with E-state index in [2.05, 4.69) is 10.5 Å². The SMILES string of the molecule is CC1=NO[C@@]2(CC[C@H](C)N3C[C@H]2n2cc(C(=O)NCc4ccc(F)cc4F)c(=O)c(OC(=O)CCCC(=O)O)c2C3=O)C1. The zero-order chi connectivity index (χ0) is 31.1. The van der Waals surface area contributed by atoms with Crippen LogP contribution < -0.4 is 15.5 Å². The predicted octanol–water partition coefficient (Wildman–Crippen LogP) is 2.93. The fourth-order valence-corrected chi connectivity index (χ4v) is 5.85. The molecule has 0 radical (unpaired) electrons. The third-order valence-electron chi connectivity index (χ3n) is 8.11. The van der Waals surface area contributed by atoms with Gasteiger partial charge in [-0.05, 0) is 39.2 Å². The molecule has 2 aromatic rings. The number of oxime groups is 1. The highest BCUT2D eigenvalue weighted by Gasteiger charge is 2.54. The zero-order valence-electron chi connectivity index (χ0n) is 23.5. The molecule has 3 aliphatic heterocycles. The van der Waals surface area contributed by atoms with Gasteiger partial charge in [0.2, 0.25) is 11.2 Å². The van der Waals surface area contributed by atoms with E-state index < -0.39 is 63.8 Å². The molecule has 0 saturated carbocycles. The summed E-state index contributed by atoms with van der Waals surface area (Å²) in [6.07, 6.45) is 1.95. The lowest BCUT2D eigenvalue weighted by molar-refractivity contribution is -0.137. The van der Waals surface area contributed by atoms with Crippen LogP contribution in [0.3, 0.4) is 0 Å². The highest BCUT2D eigenvalue weighted by Crippen LogP contribution is 2.46. The molecule has 5 rings (SSSR count). The molecule has 1 fully saturated rings. The lowest BCUT2D eigenvalue weighted by Gasteiger charge is -2.42. The van der Waals surface area contributed by atoms with Gasteiger partial charge in [-0.2, -0.15) is 0 Å². The number of amides is 2. The van der Waals surface area contributed by atoms with Gasteiger partial charge in [0, 0.05) is 56.2 Å². The first kappa shape index (κ1) is 29.9. The molecule has 3 atom stereocenters. The summed E-state index contributed by atoms with van der Waals surface area (Å²) in [6, 6.07) is 1.95. The summed E-state index contributed by atoms with van der Waals surface area (Å²) in [5.41, 5.74) is -1.99. The fourth-order valence-electron chi connectivity index (χ4n) is 5.85. The highest BCUT2D eigenvalue weighted by atomic mass is 19.1. The number of aromatic nitrogens is 1. The summed E-state index contributed by atoms with van der Waals surface area (Å²) < 4.78 is 34.4.